The number of ether oxygens (including phenoxy) is 1. The summed E-state index contributed by atoms with van der Waals surface area (Å²) in [5, 5.41) is 1.89. The van der Waals surface area contributed by atoms with Crippen molar-refractivity contribution in [3.05, 3.63) is 34.0 Å². The van der Waals surface area contributed by atoms with E-state index in [-0.39, 0.29) is 36.0 Å². The second kappa shape index (κ2) is 9.44. The fourth-order valence-electron chi connectivity index (χ4n) is 3.59. The Labute approximate surface area is 160 Å². The molecule has 2 rings (SSSR count). The minimum atomic E-state index is -0.369. The molecule has 0 aliphatic heterocycles. The van der Waals surface area contributed by atoms with Crippen LogP contribution in [0.25, 0.3) is 0 Å². The van der Waals surface area contributed by atoms with Crippen LogP contribution in [0.1, 0.15) is 56.6 Å². The Morgan fingerprint density at radius 2 is 2.04 bits per heavy atom. The van der Waals surface area contributed by atoms with Gasteiger partial charge in [0, 0.05) is 25.1 Å². The van der Waals surface area contributed by atoms with Crippen LogP contribution in [0.2, 0.25) is 0 Å². The summed E-state index contributed by atoms with van der Waals surface area (Å²) in [4.78, 5) is 27.4. The van der Waals surface area contributed by atoms with Crippen molar-refractivity contribution in [3.8, 4) is 0 Å². The molecule has 0 fully saturated rings. The molecular weight excluding hydrogens is 348 g/mol. The van der Waals surface area contributed by atoms with Crippen molar-refractivity contribution in [1.29, 1.82) is 0 Å². The molecule has 2 N–H and O–H groups in total. The van der Waals surface area contributed by atoms with Crippen molar-refractivity contribution in [3.63, 3.8) is 0 Å². The molecular formula is C20H30N2O3S. The molecule has 0 saturated heterocycles. The van der Waals surface area contributed by atoms with E-state index in [0.29, 0.717) is 23.4 Å². The van der Waals surface area contributed by atoms with E-state index in [9.17, 15) is 9.59 Å². The molecule has 1 amide bonds. The molecule has 144 valence electrons. The molecule has 0 saturated carbocycles. The third-order valence-corrected chi connectivity index (χ3v) is 5.87. The number of thiophene rings is 1. The number of amides is 1. The fourth-order valence-corrected chi connectivity index (χ4v) is 4.29. The van der Waals surface area contributed by atoms with Gasteiger partial charge in [-0.25, -0.2) is 0 Å². The zero-order valence-electron chi connectivity index (χ0n) is 16.1. The zero-order valence-corrected chi connectivity index (χ0v) is 16.9. The SMILES string of the molecule is CCC(CC)O[C@@H]1C=C(C(=O)c2cccs2)C[C@H](N)[C@H]1N(CC)C(C)=O. The highest BCUT2D eigenvalue weighted by Crippen LogP contribution is 2.29. The molecule has 5 nitrogen and oxygen atoms in total. The van der Waals surface area contributed by atoms with E-state index in [1.807, 2.05) is 30.5 Å². The van der Waals surface area contributed by atoms with Gasteiger partial charge in [-0.15, -0.1) is 11.3 Å². The average Bonchev–Trinajstić information content (AvgIpc) is 3.15. The minimum Gasteiger partial charge on any atom is -0.369 e. The van der Waals surface area contributed by atoms with Crippen LogP contribution in [-0.4, -0.2) is 47.4 Å². The molecule has 0 unspecified atom stereocenters. The number of carbonyl (C=O) groups is 2. The van der Waals surface area contributed by atoms with Gasteiger partial charge < -0.3 is 15.4 Å². The predicted octanol–water partition coefficient (Wildman–Crippen LogP) is 3.40. The Morgan fingerprint density at radius 1 is 1.35 bits per heavy atom. The number of nitrogens with two attached hydrogens (primary N) is 1. The number of hydrogen-bond donors (Lipinski definition) is 1. The maximum Gasteiger partial charge on any atom is 0.219 e. The van der Waals surface area contributed by atoms with Crippen LogP contribution in [0.5, 0.6) is 0 Å². The second-order valence-corrected chi connectivity index (χ2v) is 7.65. The first-order valence-electron chi connectivity index (χ1n) is 9.39. The van der Waals surface area contributed by atoms with Crippen molar-refractivity contribution in [2.45, 2.75) is 71.2 Å². The van der Waals surface area contributed by atoms with Crippen molar-refractivity contribution < 1.29 is 14.3 Å². The van der Waals surface area contributed by atoms with Crippen LogP contribution < -0.4 is 5.73 Å². The molecule has 1 heterocycles. The lowest BCUT2D eigenvalue weighted by molar-refractivity contribution is -0.136. The molecule has 6 heteroatoms. The first-order valence-corrected chi connectivity index (χ1v) is 10.3. The number of ketones is 1. The van der Waals surface area contributed by atoms with Gasteiger partial charge in [0.05, 0.1) is 23.1 Å². The van der Waals surface area contributed by atoms with Gasteiger partial charge in [0.1, 0.15) is 0 Å². The van der Waals surface area contributed by atoms with Crippen molar-refractivity contribution in [2.24, 2.45) is 5.73 Å². The van der Waals surface area contributed by atoms with Gasteiger partial charge in [-0.05, 0) is 43.7 Å². The van der Waals surface area contributed by atoms with Crippen molar-refractivity contribution in [1.82, 2.24) is 4.90 Å². The van der Waals surface area contributed by atoms with Gasteiger partial charge in [0.2, 0.25) is 5.91 Å². The van der Waals surface area contributed by atoms with E-state index in [4.69, 9.17) is 10.5 Å². The summed E-state index contributed by atoms with van der Waals surface area (Å²) in [6.45, 7) is 8.23. The fraction of sp³-hybridized carbons (Fsp3) is 0.600. The molecule has 1 aromatic rings. The number of Topliss-reactive ketones (excluding diaryl/α,β-unsaturated/α-hetero) is 1. The maximum absolute atomic E-state index is 12.8. The van der Waals surface area contributed by atoms with Crippen LogP contribution in [0.3, 0.4) is 0 Å². The molecule has 3 atom stereocenters. The maximum atomic E-state index is 12.8. The van der Waals surface area contributed by atoms with Crippen LogP contribution in [0.15, 0.2) is 29.2 Å². The summed E-state index contributed by atoms with van der Waals surface area (Å²) in [6, 6.07) is 3.12. The van der Waals surface area contributed by atoms with Gasteiger partial charge in [-0.1, -0.05) is 19.9 Å². The average molecular weight is 379 g/mol. The Bertz CT molecular complexity index is 637. The van der Waals surface area contributed by atoms with E-state index in [1.54, 1.807) is 11.8 Å². The molecule has 0 spiro atoms. The minimum absolute atomic E-state index is 0.0120. The van der Waals surface area contributed by atoms with Gasteiger partial charge in [-0.2, -0.15) is 0 Å². The molecule has 1 aromatic heterocycles. The summed E-state index contributed by atoms with van der Waals surface area (Å²) >= 11 is 1.43. The smallest absolute Gasteiger partial charge is 0.219 e. The predicted molar refractivity (Wildman–Crippen MR) is 105 cm³/mol. The van der Waals surface area contributed by atoms with Gasteiger partial charge >= 0.3 is 0 Å². The first kappa shape index (κ1) is 20.8. The number of likely N-dealkylation sites (N-methyl/N-ethyl adjacent to an activating group) is 1. The van der Waals surface area contributed by atoms with E-state index < -0.39 is 0 Å². The summed E-state index contributed by atoms with van der Waals surface area (Å²) in [5.41, 5.74) is 7.15. The summed E-state index contributed by atoms with van der Waals surface area (Å²) in [7, 11) is 0. The summed E-state index contributed by atoms with van der Waals surface area (Å²) < 4.78 is 6.30. The monoisotopic (exact) mass is 378 g/mol. The zero-order chi connectivity index (χ0) is 19.3. The highest BCUT2D eigenvalue weighted by atomic mass is 32.1. The Hall–Kier alpha value is -1.50. The lowest BCUT2D eigenvalue weighted by Gasteiger charge is -2.42. The van der Waals surface area contributed by atoms with Crippen LogP contribution >= 0.6 is 11.3 Å². The Balaban J connectivity index is 2.37. The van der Waals surface area contributed by atoms with E-state index in [2.05, 4.69) is 13.8 Å². The lowest BCUT2D eigenvalue weighted by Crippen LogP contribution is -2.58. The topological polar surface area (TPSA) is 72.6 Å². The van der Waals surface area contributed by atoms with Crippen LogP contribution in [0, 0.1) is 0 Å². The largest absolute Gasteiger partial charge is 0.369 e. The Kier molecular flexibility index (Phi) is 7.55. The molecule has 1 aliphatic rings. The van der Waals surface area contributed by atoms with Crippen molar-refractivity contribution >= 4 is 23.0 Å². The van der Waals surface area contributed by atoms with Crippen LogP contribution in [-0.2, 0) is 9.53 Å². The van der Waals surface area contributed by atoms with E-state index >= 15 is 0 Å². The first-order chi connectivity index (χ1) is 12.4. The van der Waals surface area contributed by atoms with E-state index in [1.165, 1.54) is 11.3 Å². The van der Waals surface area contributed by atoms with Gasteiger partial charge in [0.25, 0.3) is 0 Å². The number of nitrogens with zero attached hydrogens (tertiary/aromatic N) is 1. The molecule has 1 aliphatic carbocycles. The molecule has 0 bridgehead atoms. The third kappa shape index (κ3) is 4.61. The Morgan fingerprint density at radius 3 is 2.54 bits per heavy atom. The molecule has 0 radical (unpaired) electrons. The number of carbonyl (C=O) groups excluding carboxylic acids is 2. The van der Waals surface area contributed by atoms with Crippen molar-refractivity contribution in [2.75, 3.05) is 6.54 Å². The quantitative estimate of drug-likeness (QED) is 0.704. The highest BCUT2D eigenvalue weighted by Gasteiger charge is 2.39. The van der Waals surface area contributed by atoms with Crippen LogP contribution in [0.4, 0.5) is 0 Å². The molecule has 26 heavy (non-hydrogen) atoms. The summed E-state index contributed by atoms with van der Waals surface area (Å²) in [6.07, 6.45) is 3.82. The number of hydrogen-bond acceptors (Lipinski definition) is 5. The number of rotatable bonds is 8. The molecule has 0 aromatic carbocycles. The standard InChI is InChI=1S/C20H30N2O3S/c1-5-15(6-2)25-17-12-14(20(24)18-9-8-10-26-18)11-16(21)19(17)22(7-3)13(4)23/h8-10,12,15-17,19H,5-7,11,21H2,1-4H3/t16-,17+,19+/m0/s1. The van der Waals surface area contributed by atoms with E-state index in [0.717, 1.165) is 12.8 Å². The third-order valence-electron chi connectivity index (χ3n) is 5.00. The highest BCUT2D eigenvalue weighted by molar-refractivity contribution is 7.12. The second-order valence-electron chi connectivity index (χ2n) is 6.70. The van der Waals surface area contributed by atoms with Gasteiger partial charge in [0.15, 0.2) is 5.78 Å². The normalized spacial score (nSPS) is 23.0. The lowest BCUT2D eigenvalue weighted by atomic mass is 9.85. The van der Waals surface area contributed by atoms with Gasteiger partial charge in [-0.3, -0.25) is 9.59 Å². The summed E-state index contributed by atoms with van der Waals surface area (Å²) in [5.74, 6) is -0.00884.